The molecule has 0 saturated heterocycles. The summed E-state index contributed by atoms with van der Waals surface area (Å²) in [6.07, 6.45) is 40.2. The monoisotopic (exact) mass is 454 g/mol. The Bertz CT molecular complexity index is 338. The number of allylic oxidation sites excluding steroid dienone is 2. The number of hydrogen-bond acceptors (Lipinski definition) is 0. The Labute approximate surface area is 200 Å². The van der Waals surface area contributed by atoms with E-state index in [1.807, 2.05) is 0 Å². The van der Waals surface area contributed by atoms with Gasteiger partial charge in [0.2, 0.25) is 0 Å². The molecule has 188 valence electrons. The Balaban J connectivity index is 3.80. The third-order valence-electron chi connectivity index (χ3n) is 7.40. The van der Waals surface area contributed by atoms with Gasteiger partial charge in [0.05, 0.1) is 0 Å². The van der Waals surface area contributed by atoms with Crippen LogP contribution >= 0.6 is 7.26 Å². The molecule has 0 saturated carbocycles. The molecule has 0 rings (SSSR count). The van der Waals surface area contributed by atoms with Crippen LogP contribution in [0.5, 0.6) is 0 Å². The molecule has 0 nitrogen and oxygen atoms in total. The van der Waals surface area contributed by atoms with E-state index in [0.29, 0.717) is 0 Å². The first kappa shape index (κ1) is 31.2. The molecule has 0 aromatic heterocycles. The molecular formula is C30H63P. The zero-order chi connectivity index (χ0) is 22.9. The summed E-state index contributed by atoms with van der Waals surface area (Å²) in [5.74, 6) is 0. The van der Waals surface area contributed by atoms with Crippen molar-refractivity contribution >= 4 is 7.26 Å². The minimum absolute atomic E-state index is 0.975. The van der Waals surface area contributed by atoms with E-state index in [0.717, 1.165) is 0 Å². The van der Waals surface area contributed by atoms with Crippen molar-refractivity contribution in [2.24, 2.45) is 0 Å². The van der Waals surface area contributed by atoms with Gasteiger partial charge in [0.1, 0.15) is 0 Å². The molecule has 0 aromatic carbocycles. The third-order valence-corrected chi connectivity index (χ3v) is 13.1. The van der Waals surface area contributed by atoms with Gasteiger partial charge in [-0.1, -0.05) is 39.0 Å². The van der Waals surface area contributed by atoms with Crippen LogP contribution in [0.2, 0.25) is 0 Å². The van der Waals surface area contributed by atoms with Crippen LogP contribution in [-0.2, 0) is 0 Å². The van der Waals surface area contributed by atoms with Crippen molar-refractivity contribution < 1.29 is 0 Å². The van der Waals surface area contributed by atoms with E-state index >= 15 is 0 Å². The van der Waals surface area contributed by atoms with Crippen LogP contribution in [-0.4, -0.2) is 24.6 Å². The van der Waals surface area contributed by atoms with Gasteiger partial charge in [-0.2, -0.15) is 0 Å². The van der Waals surface area contributed by atoms with Crippen LogP contribution in [0.3, 0.4) is 0 Å². The zero-order valence-corrected chi connectivity index (χ0v) is 23.6. The Morgan fingerprint density at radius 1 is 0.355 bits per heavy atom. The van der Waals surface area contributed by atoms with Crippen molar-refractivity contribution in [1.29, 1.82) is 0 Å². The summed E-state index contributed by atoms with van der Waals surface area (Å²) in [7, 11) is -0.975. The first-order chi connectivity index (χ1) is 15.2. The number of rotatable bonds is 25. The molecule has 0 spiro atoms. The minimum atomic E-state index is -0.975. The quantitative estimate of drug-likeness (QED) is 0.0730. The van der Waals surface area contributed by atoms with Gasteiger partial charge in [-0.15, -0.1) is 0 Å². The molecule has 0 fully saturated rings. The average Bonchev–Trinajstić information content (AvgIpc) is 2.79. The van der Waals surface area contributed by atoms with Crippen molar-refractivity contribution in [2.45, 2.75) is 156 Å². The summed E-state index contributed by atoms with van der Waals surface area (Å²) < 4.78 is 0. The zero-order valence-electron chi connectivity index (χ0n) is 22.6. The Morgan fingerprint density at radius 3 is 1.10 bits per heavy atom. The van der Waals surface area contributed by atoms with Gasteiger partial charge in [0, 0.05) is 0 Å². The predicted octanol–water partition coefficient (Wildman–Crippen LogP) is 11.2. The summed E-state index contributed by atoms with van der Waals surface area (Å²) in [5, 5.41) is 0. The van der Waals surface area contributed by atoms with Crippen molar-refractivity contribution in [3.05, 3.63) is 12.2 Å². The second-order valence-electron chi connectivity index (χ2n) is 10.5. The van der Waals surface area contributed by atoms with Crippen LogP contribution in [0.4, 0.5) is 0 Å². The van der Waals surface area contributed by atoms with Gasteiger partial charge in [0.25, 0.3) is 0 Å². The van der Waals surface area contributed by atoms with E-state index in [9.17, 15) is 0 Å². The summed E-state index contributed by atoms with van der Waals surface area (Å²) >= 11 is 0. The molecule has 0 aliphatic heterocycles. The molecule has 1 heteroatoms. The van der Waals surface area contributed by atoms with Gasteiger partial charge in [-0.3, -0.25) is 0 Å². The van der Waals surface area contributed by atoms with E-state index in [1.165, 1.54) is 122 Å². The van der Waals surface area contributed by atoms with E-state index in [4.69, 9.17) is 0 Å². The summed E-state index contributed by atoms with van der Waals surface area (Å²) in [6, 6.07) is 0. The second kappa shape index (κ2) is 24.8. The third kappa shape index (κ3) is 20.5. The predicted molar refractivity (Wildman–Crippen MR) is 152 cm³/mol. The van der Waals surface area contributed by atoms with Gasteiger partial charge in [-0.05, 0) is 0 Å². The van der Waals surface area contributed by atoms with Crippen molar-refractivity contribution in [2.75, 3.05) is 24.6 Å². The summed E-state index contributed by atoms with van der Waals surface area (Å²) in [5.41, 5.74) is 0. The second-order valence-corrected chi connectivity index (χ2v) is 15.5. The molecule has 0 heterocycles. The standard InChI is InChI=1S/C30H63P/c1-5-9-13-14-15-16-17-18-19-20-21-22-23-24-25-26-30-31(27-10-6-2,28-11-7-3)29-12-8-4/h18-19,31H,5-17,20-30H2,1-4H3. The Kier molecular flexibility index (Phi) is 24.9. The molecule has 0 aromatic rings. The number of hydrogen-bond donors (Lipinski definition) is 0. The van der Waals surface area contributed by atoms with Crippen LogP contribution in [0.25, 0.3) is 0 Å². The molecule has 0 radical (unpaired) electrons. The first-order valence-corrected chi connectivity index (χ1v) is 17.7. The molecule has 0 atom stereocenters. The molecule has 0 amide bonds. The summed E-state index contributed by atoms with van der Waals surface area (Å²) in [4.78, 5) is 0. The van der Waals surface area contributed by atoms with Crippen LogP contribution in [0, 0.1) is 0 Å². The molecule has 0 unspecified atom stereocenters. The van der Waals surface area contributed by atoms with E-state index < -0.39 is 7.26 Å². The van der Waals surface area contributed by atoms with Crippen molar-refractivity contribution in [3.63, 3.8) is 0 Å². The van der Waals surface area contributed by atoms with Gasteiger partial charge in [0.15, 0.2) is 0 Å². The van der Waals surface area contributed by atoms with E-state index in [1.54, 1.807) is 31.1 Å². The fourth-order valence-electron chi connectivity index (χ4n) is 5.15. The van der Waals surface area contributed by atoms with Gasteiger partial charge < -0.3 is 0 Å². The average molecular weight is 455 g/mol. The molecule has 0 N–H and O–H groups in total. The molecule has 0 bridgehead atoms. The Hall–Kier alpha value is 0.170. The van der Waals surface area contributed by atoms with Gasteiger partial charge >= 0.3 is 161 Å². The van der Waals surface area contributed by atoms with Crippen LogP contribution < -0.4 is 0 Å². The van der Waals surface area contributed by atoms with Crippen molar-refractivity contribution in [3.8, 4) is 0 Å². The Morgan fingerprint density at radius 2 is 0.677 bits per heavy atom. The van der Waals surface area contributed by atoms with Gasteiger partial charge in [-0.25, -0.2) is 0 Å². The maximum atomic E-state index is 2.46. The van der Waals surface area contributed by atoms with Crippen molar-refractivity contribution in [1.82, 2.24) is 0 Å². The SMILES string of the molecule is CCCCCCCCC=CCCCCCCCC[PH](CCCC)(CCCC)CCCC. The fourth-order valence-corrected chi connectivity index (χ4v) is 11.0. The topological polar surface area (TPSA) is 0 Å². The van der Waals surface area contributed by atoms with E-state index in [2.05, 4.69) is 39.8 Å². The normalized spacial score (nSPS) is 12.8. The molecular weight excluding hydrogens is 391 g/mol. The fraction of sp³-hybridized carbons (Fsp3) is 0.933. The molecule has 0 aliphatic rings. The van der Waals surface area contributed by atoms with E-state index in [-0.39, 0.29) is 0 Å². The van der Waals surface area contributed by atoms with Crippen LogP contribution in [0.1, 0.15) is 156 Å². The summed E-state index contributed by atoms with van der Waals surface area (Å²) in [6.45, 7) is 9.47. The maximum absolute atomic E-state index is 2.46. The molecule has 0 aliphatic carbocycles. The number of unbranched alkanes of at least 4 members (excludes halogenated alkanes) is 15. The van der Waals surface area contributed by atoms with Crippen LogP contribution in [0.15, 0.2) is 12.2 Å². The molecule has 31 heavy (non-hydrogen) atoms. The first-order valence-electron chi connectivity index (χ1n) is 14.9.